The van der Waals surface area contributed by atoms with Gasteiger partial charge >= 0.3 is 0 Å². The third-order valence-corrected chi connectivity index (χ3v) is 4.95. The maximum atomic E-state index is 12.1. The maximum Gasteiger partial charge on any atom is 0.240 e. The molecule has 1 aromatic rings. The molecule has 0 unspecified atom stereocenters. The number of rotatable bonds is 5. The van der Waals surface area contributed by atoms with Gasteiger partial charge < -0.3 is 10.5 Å². The Morgan fingerprint density at radius 2 is 2.00 bits per heavy atom. The van der Waals surface area contributed by atoms with Gasteiger partial charge in [-0.2, -0.15) is 0 Å². The molecule has 106 valence electrons. The summed E-state index contributed by atoms with van der Waals surface area (Å²) in [6, 6.07) is 6.58. The van der Waals surface area contributed by atoms with E-state index in [0.29, 0.717) is 18.2 Å². The number of nitrogens with one attached hydrogen (secondary N) is 1. The molecule has 0 aliphatic heterocycles. The molecule has 1 aliphatic carbocycles. The van der Waals surface area contributed by atoms with Gasteiger partial charge in [0, 0.05) is 12.6 Å². The molecule has 0 spiro atoms. The van der Waals surface area contributed by atoms with Gasteiger partial charge in [-0.15, -0.1) is 0 Å². The van der Waals surface area contributed by atoms with Crippen LogP contribution in [0.5, 0.6) is 5.75 Å². The van der Waals surface area contributed by atoms with Crippen molar-refractivity contribution in [3.63, 3.8) is 0 Å². The average molecular weight is 284 g/mol. The van der Waals surface area contributed by atoms with Crippen LogP contribution in [0.15, 0.2) is 29.2 Å². The molecule has 5 nitrogen and oxygen atoms in total. The Hall–Kier alpha value is -1.11. The summed E-state index contributed by atoms with van der Waals surface area (Å²) in [7, 11) is -1.89. The van der Waals surface area contributed by atoms with Crippen molar-refractivity contribution in [2.45, 2.75) is 30.2 Å². The van der Waals surface area contributed by atoms with E-state index < -0.39 is 10.0 Å². The summed E-state index contributed by atoms with van der Waals surface area (Å²) in [4.78, 5) is 0.260. The van der Waals surface area contributed by atoms with Crippen LogP contribution in [0, 0.1) is 5.92 Å². The summed E-state index contributed by atoms with van der Waals surface area (Å²) in [6.07, 6.45) is 2.87. The molecule has 19 heavy (non-hydrogen) atoms. The average Bonchev–Trinajstić information content (AvgIpc) is 2.82. The summed E-state index contributed by atoms with van der Waals surface area (Å²) >= 11 is 0. The van der Waals surface area contributed by atoms with E-state index in [0.717, 1.165) is 19.3 Å². The first-order chi connectivity index (χ1) is 9.01. The Labute approximate surface area is 114 Å². The molecule has 0 heterocycles. The second kappa shape index (κ2) is 5.90. The highest BCUT2D eigenvalue weighted by Crippen LogP contribution is 2.24. The molecule has 2 rings (SSSR count). The Morgan fingerprint density at radius 3 is 2.53 bits per heavy atom. The molecule has 6 heteroatoms. The zero-order valence-electron chi connectivity index (χ0n) is 11.0. The van der Waals surface area contributed by atoms with Crippen LogP contribution >= 0.6 is 0 Å². The second-order valence-electron chi connectivity index (χ2n) is 4.97. The Balaban J connectivity index is 1.97. The van der Waals surface area contributed by atoms with E-state index >= 15 is 0 Å². The van der Waals surface area contributed by atoms with Crippen LogP contribution in [-0.2, 0) is 10.0 Å². The van der Waals surface area contributed by atoms with Crippen molar-refractivity contribution in [1.82, 2.24) is 4.72 Å². The molecule has 0 amide bonds. The molecule has 1 aromatic carbocycles. The Bertz CT molecular complexity index is 513. The highest BCUT2D eigenvalue weighted by atomic mass is 32.2. The minimum atomic E-state index is -3.44. The van der Waals surface area contributed by atoms with Crippen LogP contribution in [0.1, 0.15) is 19.3 Å². The number of ether oxygens (including phenoxy) is 1. The lowest BCUT2D eigenvalue weighted by atomic mass is 10.1. The minimum absolute atomic E-state index is 0.218. The lowest BCUT2D eigenvalue weighted by Crippen LogP contribution is -2.29. The van der Waals surface area contributed by atoms with Gasteiger partial charge in [0.25, 0.3) is 0 Å². The van der Waals surface area contributed by atoms with E-state index in [-0.39, 0.29) is 10.9 Å². The predicted molar refractivity (Wildman–Crippen MR) is 73.5 cm³/mol. The van der Waals surface area contributed by atoms with Gasteiger partial charge in [0.1, 0.15) is 5.75 Å². The minimum Gasteiger partial charge on any atom is -0.497 e. The van der Waals surface area contributed by atoms with Gasteiger partial charge in [0.2, 0.25) is 10.0 Å². The predicted octanol–water partition coefficient (Wildman–Crippen LogP) is 1.10. The largest absolute Gasteiger partial charge is 0.497 e. The molecular formula is C13H20N2O3S. The third-order valence-electron chi connectivity index (χ3n) is 3.51. The zero-order chi connectivity index (χ0) is 13.9. The van der Waals surface area contributed by atoms with E-state index in [2.05, 4.69) is 4.72 Å². The van der Waals surface area contributed by atoms with Crippen molar-refractivity contribution in [2.75, 3.05) is 13.7 Å². The molecule has 0 aromatic heterocycles. The summed E-state index contributed by atoms with van der Waals surface area (Å²) in [5.74, 6) is 0.990. The van der Waals surface area contributed by atoms with E-state index in [9.17, 15) is 8.42 Å². The van der Waals surface area contributed by atoms with Crippen LogP contribution in [0.3, 0.4) is 0 Å². The van der Waals surface area contributed by atoms with Crippen molar-refractivity contribution in [1.29, 1.82) is 0 Å². The summed E-state index contributed by atoms with van der Waals surface area (Å²) in [5, 5.41) is 0. The van der Waals surface area contributed by atoms with Crippen molar-refractivity contribution in [3.05, 3.63) is 24.3 Å². The Kier molecular flexibility index (Phi) is 4.44. The Morgan fingerprint density at radius 1 is 1.32 bits per heavy atom. The van der Waals surface area contributed by atoms with Gasteiger partial charge in [-0.25, -0.2) is 13.1 Å². The standard InChI is InChI=1S/C13H20N2O3S/c1-18-12-4-6-13(7-5-12)19(16,17)15-9-10-2-3-11(14)8-10/h4-7,10-11,15H,2-3,8-9,14H2,1H3/t10-,11+/m0/s1. The first kappa shape index (κ1) is 14.3. The van der Waals surface area contributed by atoms with Gasteiger partial charge in [-0.05, 0) is 49.4 Å². The molecule has 1 saturated carbocycles. The SMILES string of the molecule is COc1ccc(S(=O)(=O)NC[C@H]2CC[C@@H](N)C2)cc1. The first-order valence-corrected chi connectivity index (χ1v) is 7.89. The molecule has 0 radical (unpaired) electrons. The molecule has 0 bridgehead atoms. The smallest absolute Gasteiger partial charge is 0.240 e. The second-order valence-corrected chi connectivity index (χ2v) is 6.73. The normalized spacial score (nSPS) is 23.5. The monoisotopic (exact) mass is 284 g/mol. The summed E-state index contributed by atoms with van der Waals surface area (Å²) in [5.41, 5.74) is 5.82. The lowest BCUT2D eigenvalue weighted by molar-refractivity contribution is 0.414. The molecule has 1 aliphatic rings. The first-order valence-electron chi connectivity index (χ1n) is 6.40. The van der Waals surface area contributed by atoms with Crippen LogP contribution in [-0.4, -0.2) is 28.1 Å². The fourth-order valence-electron chi connectivity index (χ4n) is 2.36. The van der Waals surface area contributed by atoms with Crippen molar-refractivity contribution in [2.24, 2.45) is 11.7 Å². The van der Waals surface area contributed by atoms with E-state index in [4.69, 9.17) is 10.5 Å². The van der Waals surface area contributed by atoms with Crippen molar-refractivity contribution >= 4 is 10.0 Å². The molecular weight excluding hydrogens is 264 g/mol. The molecule has 1 fully saturated rings. The number of hydrogen-bond acceptors (Lipinski definition) is 4. The van der Waals surface area contributed by atoms with E-state index in [1.807, 2.05) is 0 Å². The van der Waals surface area contributed by atoms with Crippen LogP contribution in [0.25, 0.3) is 0 Å². The van der Waals surface area contributed by atoms with Crippen LogP contribution < -0.4 is 15.2 Å². The highest BCUT2D eigenvalue weighted by Gasteiger charge is 2.23. The number of benzene rings is 1. The fourth-order valence-corrected chi connectivity index (χ4v) is 3.48. The van der Waals surface area contributed by atoms with Gasteiger partial charge in [-0.3, -0.25) is 0 Å². The number of nitrogens with two attached hydrogens (primary N) is 1. The lowest BCUT2D eigenvalue weighted by Gasteiger charge is -2.12. The van der Waals surface area contributed by atoms with Crippen LogP contribution in [0.4, 0.5) is 0 Å². The van der Waals surface area contributed by atoms with Crippen molar-refractivity contribution < 1.29 is 13.2 Å². The van der Waals surface area contributed by atoms with E-state index in [1.165, 1.54) is 0 Å². The molecule has 3 N–H and O–H groups in total. The quantitative estimate of drug-likeness (QED) is 0.848. The maximum absolute atomic E-state index is 12.1. The number of hydrogen-bond donors (Lipinski definition) is 2. The number of methoxy groups -OCH3 is 1. The third kappa shape index (κ3) is 3.68. The van der Waals surface area contributed by atoms with Gasteiger partial charge in [0.15, 0.2) is 0 Å². The summed E-state index contributed by atoms with van der Waals surface area (Å²) in [6.45, 7) is 0.460. The highest BCUT2D eigenvalue weighted by molar-refractivity contribution is 7.89. The number of sulfonamides is 1. The summed E-state index contributed by atoms with van der Waals surface area (Å²) < 4.78 is 31.8. The van der Waals surface area contributed by atoms with Crippen LogP contribution in [0.2, 0.25) is 0 Å². The zero-order valence-corrected chi connectivity index (χ0v) is 11.8. The molecule has 2 atom stereocenters. The van der Waals surface area contributed by atoms with Gasteiger partial charge in [0.05, 0.1) is 12.0 Å². The van der Waals surface area contributed by atoms with Crippen molar-refractivity contribution in [3.8, 4) is 5.75 Å². The van der Waals surface area contributed by atoms with Gasteiger partial charge in [-0.1, -0.05) is 0 Å². The topological polar surface area (TPSA) is 81.4 Å². The fraction of sp³-hybridized carbons (Fsp3) is 0.538. The molecule has 0 saturated heterocycles. The van der Waals surface area contributed by atoms with E-state index in [1.54, 1.807) is 31.4 Å².